The molecule has 0 amide bonds. The summed E-state index contributed by atoms with van der Waals surface area (Å²) in [7, 11) is 0. The zero-order valence-electron chi connectivity index (χ0n) is 11.2. The fourth-order valence-corrected chi connectivity index (χ4v) is 2.38. The van der Waals surface area contributed by atoms with Crippen LogP contribution in [-0.2, 0) is 9.53 Å². The zero-order chi connectivity index (χ0) is 12.9. The second-order valence-electron chi connectivity index (χ2n) is 5.91. The maximum absolute atomic E-state index is 10.3. The minimum Gasteiger partial charge on any atom is -0.480 e. The molecular formula is C14H24O3. The van der Waals surface area contributed by atoms with E-state index in [1.807, 2.05) is 0 Å². The summed E-state index contributed by atoms with van der Waals surface area (Å²) in [6, 6.07) is 0. The summed E-state index contributed by atoms with van der Waals surface area (Å²) in [5.74, 6) is -0.0978. The van der Waals surface area contributed by atoms with Gasteiger partial charge in [-0.2, -0.15) is 0 Å². The van der Waals surface area contributed by atoms with Gasteiger partial charge in [-0.3, -0.25) is 0 Å². The smallest absolute Gasteiger partial charge is 0.329 e. The molecule has 0 atom stereocenters. The average molecular weight is 240 g/mol. The first-order valence-electron chi connectivity index (χ1n) is 6.37. The van der Waals surface area contributed by atoms with Crippen LogP contribution in [0.25, 0.3) is 0 Å². The topological polar surface area (TPSA) is 46.5 Å². The van der Waals surface area contributed by atoms with Gasteiger partial charge in [-0.15, -0.1) is 0 Å². The van der Waals surface area contributed by atoms with Gasteiger partial charge in [0.05, 0.1) is 6.61 Å². The van der Waals surface area contributed by atoms with E-state index in [4.69, 9.17) is 9.84 Å². The highest BCUT2D eigenvalue weighted by Gasteiger charge is 2.27. The molecule has 0 heterocycles. The molecule has 1 N–H and O–H groups in total. The largest absolute Gasteiger partial charge is 0.480 e. The van der Waals surface area contributed by atoms with Crippen LogP contribution in [0.15, 0.2) is 11.6 Å². The van der Waals surface area contributed by atoms with Crippen LogP contribution in [0.3, 0.4) is 0 Å². The summed E-state index contributed by atoms with van der Waals surface area (Å²) in [4.78, 5) is 10.3. The van der Waals surface area contributed by atoms with Crippen molar-refractivity contribution in [1.29, 1.82) is 0 Å². The molecule has 0 aliphatic heterocycles. The quantitative estimate of drug-likeness (QED) is 0.606. The van der Waals surface area contributed by atoms with Crippen molar-refractivity contribution in [3.05, 3.63) is 11.6 Å². The highest BCUT2D eigenvalue weighted by Crippen LogP contribution is 2.39. The van der Waals surface area contributed by atoms with E-state index in [-0.39, 0.29) is 6.61 Å². The van der Waals surface area contributed by atoms with Gasteiger partial charge in [-0.05, 0) is 37.0 Å². The highest BCUT2D eigenvalue weighted by atomic mass is 16.5. The number of rotatable bonds is 4. The Morgan fingerprint density at radius 2 is 2.00 bits per heavy atom. The van der Waals surface area contributed by atoms with Crippen LogP contribution in [-0.4, -0.2) is 24.3 Å². The lowest BCUT2D eigenvalue weighted by Crippen LogP contribution is -2.23. The number of carboxylic acids is 1. The van der Waals surface area contributed by atoms with Crippen LogP contribution in [0.4, 0.5) is 0 Å². The monoisotopic (exact) mass is 240 g/mol. The van der Waals surface area contributed by atoms with Gasteiger partial charge in [0.15, 0.2) is 0 Å². The molecule has 0 radical (unpaired) electrons. The van der Waals surface area contributed by atoms with E-state index in [9.17, 15) is 4.79 Å². The van der Waals surface area contributed by atoms with Crippen molar-refractivity contribution in [3.63, 3.8) is 0 Å². The van der Waals surface area contributed by atoms with Crippen molar-refractivity contribution in [1.82, 2.24) is 0 Å². The maximum Gasteiger partial charge on any atom is 0.329 e. The maximum atomic E-state index is 10.3. The number of hydrogen-bond acceptors (Lipinski definition) is 2. The number of carboxylic acid groups (broad SMARTS) is 1. The first-order chi connectivity index (χ1) is 7.89. The molecule has 0 unspecified atom stereocenters. The summed E-state index contributed by atoms with van der Waals surface area (Å²) in [5, 5.41) is 8.43. The Bertz CT molecular complexity index is 276. The summed E-state index contributed by atoms with van der Waals surface area (Å²) in [6.45, 7) is 7.16. The first-order valence-corrected chi connectivity index (χ1v) is 6.37. The second-order valence-corrected chi connectivity index (χ2v) is 5.91. The van der Waals surface area contributed by atoms with Crippen molar-refractivity contribution >= 4 is 5.97 Å². The van der Waals surface area contributed by atoms with Gasteiger partial charge >= 0.3 is 5.97 Å². The molecule has 1 saturated carbocycles. The van der Waals surface area contributed by atoms with Crippen LogP contribution in [0.2, 0.25) is 0 Å². The van der Waals surface area contributed by atoms with Crippen LogP contribution in [0.1, 0.15) is 46.5 Å². The Morgan fingerprint density at radius 3 is 2.47 bits per heavy atom. The van der Waals surface area contributed by atoms with Gasteiger partial charge in [0, 0.05) is 0 Å². The fourth-order valence-electron chi connectivity index (χ4n) is 2.38. The number of ether oxygens (including phenoxy) is 1. The number of aliphatic carboxylic acids is 1. The summed E-state index contributed by atoms with van der Waals surface area (Å²) in [6.07, 6.45) is 6.82. The molecule has 17 heavy (non-hydrogen) atoms. The lowest BCUT2D eigenvalue weighted by molar-refractivity contribution is -0.141. The summed E-state index contributed by atoms with van der Waals surface area (Å²) < 4.78 is 5.02. The molecule has 3 nitrogen and oxygen atoms in total. The van der Waals surface area contributed by atoms with Gasteiger partial charge in [0.1, 0.15) is 6.61 Å². The molecule has 0 aromatic carbocycles. The molecule has 98 valence electrons. The van der Waals surface area contributed by atoms with Crippen molar-refractivity contribution in [2.45, 2.75) is 46.5 Å². The second kappa shape index (κ2) is 6.20. The lowest BCUT2D eigenvalue weighted by atomic mass is 9.71. The van der Waals surface area contributed by atoms with Gasteiger partial charge in [-0.25, -0.2) is 4.79 Å². The fraction of sp³-hybridized carbons (Fsp3) is 0.786. The Hall–Kier alpha value is -0.830. The van der Waals surface area contributed by atoms with E-state index >= 15 is 0 Å². The predicted octanol–water partition coefficient (Wildman–Crippen LogP) is 3.25. The Morgan fingerprint density at radius 1 is 1.41 bits per heavy atom. The molecule has 1 fully saturated rings. The van der Waals surface area contributed by atoms with E-state index in [1.54, 1.807) is 0 Å². The molecule has 1 aliphatic rings. The first kappa shape index (κ1) is 14.2. The third-order valence-corrected chi connectivity index (χ3v) is 3.57. The van der Waals surface area contributed by atoms with Gasteiger partial charge in [0.2, 0.25) is 0 Å². The molecule has 1 rings (SSSR count). The Balaban J connectivity index is 2.27. The summed E-state index contributed by atoms with van der Waals surface area (Å²) in [5.41, 5.74) is 1.83. The highest BCUT2D eigenvalue weighted by molar-refractivity contribution is 5.67. The van der Waals surface area contributed by atoms with Gasteiger partial charge in [-0.1, -0.05) is 32.4 Å². The Labute approximate surface area is 104 Å². The van der Waals surface area contributed by atoms with E-state index in [0.717, 1.165) is 18.8 Å². The SMILES string of the molecule is CC(C)(C)C1CCC(=CCOCC(=O)O)CC1. The van der Waals surface area contributed by atoms with Crippen LogP contribution in [0.5, 0.6) is 0 Å². The Kier molecular flexibility index (Phi) is 5.19. The molecule has 3 heteroatoms. The van der Waals surface area contributed by atoms with Crippen molar-refractivity contribution in [2.75, 3.05) is 13.2 Å². The van der Waals surface area contributed by atoms with E-state index in [1.165, 1.54) is 18.4 Å². The predicted molar refractivity (Wildman–Crippen MR) is 68.0 cm³/mol. The third-order valence-electron chi connectivity index (χ3n) is 3.57. The number of allylic oxidation sites excluding steroid dienone is 1. The molecule has 1 aliphatic carbocycles. The summed E-state index contributed by atoms with van der Waals surface area (Å²) >= 11 is 0. The van der Waals surface area contributed by atoms with Crippen molar-refractivity contribution in [3.8, 4) is 0 Å². The molecule has 0 aromatic rings. The molecule has 0 spiro atoms. The van der Waals surface area contributed by atoms with Gasteiger partial charge < -0.3 is 9.84 Å². The zero-order valence-corrected chi connectivity index (χ0v) is 11.2. The number of carbonyl (C=O) groups is 1. The normalized spacial score (nSPS) is 21.4. The third kappa shape index (κ3) is 5.35. The van der Waals surface area contributed by atoms with Crippen LogP contribution in [0, 0.1) is 11.3 Å². The van der Waals surface area contributed by atoms with Crippen LogP contribution < -0.4 is 0 Å². The standard InChI is InChI=1S/C14H24O3/c1-14(2,3)12-6-4-11(5-7-12)8-9-17-10-13(15)16/h8,12H,4-7,9-10H2,1-3H3,(H,15,16). The van der Waals surface area contributed by atoms with E-state index in [0.29, 0.717) is 12.0 Å². The number of hydrogen-bond donors (Lipinski definition) is 1. The van der Waals surface area contributed by atoms with Crippen LogP contribution >= 0.6 is 0 Å². The molecule has 0 saturated heterocycles. The molecule has 0 bridgehead atoms. The molecular weight excluding hydrogens is 216 g/mol. The molecule has 0 aromatic heterocycles. The van der Waals surface area contributed by atoms with Gasteiger partial charge in [0.25, 0.3) is 0 Å². The van der Waals surface area contributed by atoms with Crippen molar-refractivity contribution < 1.29 is 14.6 Å². The van der Waals surface area contributed by atoms with E-state index in [2.05, 4.69) is 26.8 Å². The minimum atomic E-state index is -0.903. The minimum absolute atomic E-state index is 0.200. The van der Waals surface area contributed by atoms with Crippen molar-refractivity contribution in [2.24, 2.45) is 11.3 Å². The average Bonchev–Trinajstić information content (AvgIpc) is 2.23. The lowest BCUT2D eigenvalue weighted by Gasteiger charge is -2.34. The van der Waals surface area contributed by atoms with E-state index < -0.39 is 5.97 Å².